The Morgan fingerprint density at radius 1 is 1.44 bits per heavy atom. The van der Waals surface area contributed by atoms with Crippen LogP contribution in [0.1, 0.15) is 23.2 Å². The van der Waals surface area contributed by atoms with Crippen LogP contribution in [0.3, 0.4) is 0 Å². The molecule has 1 aliphatic heterocycles. The second-order valence-corrected chi connectivity index (χ2v) is 4.69. The van der Waals surface area contributed by atoms with Gasteiger partial charge < -0.3 is 10.2 Å². The van der Waals surface area contributed by atoms with Gasteiger partial charge in [-0.3, -0.25) is 9.59 Å². The molecule has 0 spiro atoms. The molecule has 2 amide bonds. The molecule has 96 valence electrons. The molecule has 0 atom stereocenters. The maximum Gasteiger partial charge on any atom is 0.251 e. The predicted molar refractivity (Wildman–Crippen MR) is 69.6 cm³/mol. The van der Waals surface area contributed by atoms with Gasteiger partial charge in [0.25, 0.3) is 5.91 Å². The van der Waals surface area contributed by atoms with Crippen LogP contribution in [-0.2, 0) is 4.79 Å². The lowest BCUT2D eigenvalue weighted by atomic mass is 10.2. The number of likely N-dealkylation sites (tertiary alicyclic amines) is 1. The Balaban J connectivity index is 1.80. The first-order chi connectivity index (χ1) is 8.66. The smallest absolute Gasteiger partial charge is 0.251 e. The fraction of sp³-hybridized carbons (Fsp3) is 0.385. The van der Waals surface area contributed by atoms with Gasteiger partial charge in [-0.05, 0) is 24.6 Å². The molecule has 0 unspecified atom stereocenters. The number of carbonyl (C=O) groups excluding carboxylic acids is 2. The van der Waals surface area contributed by atoms with E-state index in [1.165, 1.54) is 0 Å². The van der Waals surface area contributed by atoms with Crippen LogP contribution in [0.25, 0.3) is 0 Å². The number of amides is 2. The van der Waals surface area contributed by atoms with Crippen molar-refractivity contribution in [3.8, 4) is 0 Å². The number of hydrogen-bond acceptors (Lipinski definition) is 2. The van der Waals surface area contributed by atoms with Gasteiger partial charge in [-0.25, -0.2) is 0 Å². The van der Waals surface area contributed by atoms with Crippen molar-refractivity contribution < 1.29 is 9.59 Å². The number of nitrogens with zero attached hydrogens (tertiary/aromatic N) is 1. The summed E-state index contributed by atoms with van der Waals surface area (Å²) in [5, 5.41) is 3.32. The monoisotopic (exact) mass is 266 g/mol. The molecule has 1 aromatic rings. The summed E-state index contributed by atoms with van der Waals surface area (Å²) < 4.78 is 0. The van der Waals surface area contributed by atoms with Crippen LogP contribution in [0, 0.1) is 0 Å². The van der Waals surface area contributed by atoms with E-state index >= 15 is 0 Å². The van der Waals surface area contributed by atoms with Crippen molar-refractivity contribution in [2.75, 3.05) is 19.6 Å². The Morgan fingerprint density at radius 2 is 2.28 bits per heavy atom. The molecule has 0 saturated carbocycles. The molecule has 5 heteroatoms. The molecule has 1 heterocycles. The van der Waals surface area contributed by atoms with E-state index in [0.29, 0.717) is 30.1 Å². The Hall–Kier alpha value is -1.55. The van der Waals surface area contributed by atoms with Crippen LogP contribution in [0.15, 0.2) is 24.3 Å². The number of nitrogens with one attached hydrogen (secondary N) is 1. The summed E-state index contributed by atoms with van der Waals surface area (Å²) >= 11 is 5.81. The molecule has 0 radical (unpaired) electrons. The Morgan fingerprint density at radius 3 is 2.94 bits per heavy atom. The second-order valence-electron chi connectivity index (χ2n) is 4.25. The lowest BCUT2D eigenvalue weighted by Crippen LogP contribution is -2.35. The minimum absolute atomic E-state index is 0.163. The van der Waals surface area contributed by atoms with Crippen molar-refractivity contribution in [3.05, 3.63) is 34.9 Å². The first-order valence-electron chi connectivity index (χ1n) is 5.98. The van der Waals surface area contributed by atoms with Crippen molar-refractivity contribution in [2.24, 2.45) is 0 Å². The number of rotatable bonds is 4. The molecule has 1 fully saturated rings. The Kier molecular flexibility index (Phi) is 4.20. The number of carbonyl (C=O) groups is 2. The van der Waals surface area contributed by atoms with Gasteiger partial charge in [0, 0.05) is 36.6 Å². The zero-order chi connectivity index (χ0) is 13.0. The summed E-state index contributed by atoms with van der Waals surface area (Å²) in [5.41, 5.74) is 0.537. The summed E-state index contributed by atoms with van der Waals surface area (Å²) in [7, 11) is 0. The summed E-state index contributed by atoms with van der Waals surface area (Å²) in [6.07, 6.45) is 1.54. The highest BCUT2D eigenvalue weighted by atomic mass is 35.5. The first kappa shape index (κ1) is 12.9. The summed E-state index contributed by atoms with van der Waals surface area (Å²) in [5.74, 6) is 0.0103. The SMILES string of the molecule is O=C(NCCN1CCCC1=O)c1cccc(Cl)c1. The van der Waals surface area contributed by atoms with Gasteiger partial charge in [0.2, 0.25) is 5.91 Å². The molecule has 18 heavy (non-hydrogen) atoms. The van der Waals surface area contributed by atoms with E-state index in [4.69, 9.17) is 11.6 Å². The molecule has 4 nitrogen and oxygen atoms in total. The molecule has 0 aliphatic carbocycles. The van der Waals surface area contributed by atoms with E-state index in [-0.39, 0.29) is 11.8 Å². The third kappa shape index (κ3) is 3.23. The van der Waals surface area contributed by atoms with E-state index in [2.05, 4.69) is 5.32 Å². The molecular formula is C13H15ClN2O2. The van der Waals surface area contributed by atoms with Crippen molar-refractivity contribution in [3.63, 3.8) is 0 Å². The lowest BCUT2D eigenvalue weighted by molar-refractivity contribution is -0.127. The Labute approximate surface area is 111 Å². The van der Waals surface area contributed by atoms with E-state index < -0.39 is 0 Å². The van der Waals surface area contributed by atoms with Crippen LogP contribution in [-0.4, -0.2) is 36.3 Å². The zero-order valence-electron chi connectivity index (χ0n) is 9.99. The van der Waals surface area contributed by atoms with Crippen molar-refractivity contribution in [1.82, 2.24) is 10.2 Å². The summed E-state index contributed by atoms with van der Waals surface area (Å²) in [6, 6.07) is 6.79. The lowest BCUT2D eigenvalue weighted by Gasteiger charge is -2.15. The third-order valence-corrected chi connectivity index (χ3v) is 3.16. The van der Waals surface area contributed by atoms with Gasteiger partial charge in [-0.15, -0.1) is 0 Å². The highest BCUT2D eigenvalue weighted by molar-refractivity contribution is 6.30. The van der Waals surface area contributed by atoms with Crippen molar-refractivity contribution in [2.45, 2.75) is 12.8 Å². The molecule has 1 aromatic carbocycles. The van der Waals surface area contributed by atoms with Gasteiger partial charge in [0.15, 0.2) is 0 Å². The highest BCUT2D eigenvalue weighted by Crippen LogP contribution is 2.11. The average molecular weight is 267 g/mol. The van der Waals surface area contributed by atoms with Gasteiger partial charge in [-0.1, -0.05) is 17.7 Å². The molecule has 1 N–H and O–H groups in total. The first-order valence-corrected chi connectivity index (χ1v) is 6.36. The normalized spacial score (nSPS) is 14.9. The molecule has 0 bridgehead atoms. The molecular weight excluding hydrogens is 252 g/mol. The minimum atomic E-state index is -0.163. The quantitative estimate of drug-likeness (QED) is 0.902. The second kappa shape index (κ2) is 5.87. The molecule has 2 rings (SSSR count). The molecule has 0 aromatic heterocycles. The van der Waals surface area contributed by atoms with Crippen LogP contribution in [0.2, 0.25) is 5.02 Å². The van der Waals surface area contributed by atoms with E-state index in [1.807, 2.05) is 0 Å². The maximum absolute atomic E-state index is 11.8. The molecule has 1 saturated heterocycles. The van der Waals surface area contributed by atoms with E-state index in [9.17, 15) is 9.59 Å². The summed E-state index contributed by atoms with van der Waals surface area (Å²) in [4.78, 5) is 24.9. The van der Waals surface area contributed by atoms with Gasteiger partial charge in [-0.2, -0.15) is 0 Å². The van der Waals surface area contributed by atoms with Crippen LogP contribution >= 0.6 is 11.6 Å². The standard InChI is InChI=1S/C13H15ClN2O2/c14-11-4-1-3-10(9-11)13(18)15-6-8-16-7-2-5-12(16)17/h1,3-4,9H,2,5-8H2,(H,15,18). The van der Waals surface area contributed by atoms with Crippen molar-refractivity contribution >= 4 is 23.4 Å². The Bertz CT molecular complexity index is 462. The topological polar surface area (TPSA) is 49.4 Å². The highest BCUT2D eigenvalue weighted by Gasteiger charge is 2.19. The van der Waals surface area contributed by atoms with Gasteiger partial charge >= 0.3 is 0 Å². The predicted octanol–water partition coefficient (Wildman–Crippen LogP) is 1.69. The summed E-state index contributed by atoms with van der Waals surface area (Å²) in [6.45, 7) is 1.84. The number of halogens is 1. The fourth-order valence-electron chi connectivity index (χ4n) is 1.98. The van der Waals surface area contributed by atoms with Crippen molar-refractivity contribution in [1.29, 1.82) is 0 Å². The number of hydrogen-bond donors (Lipinski definition) is 1. The van der Waals surface area contributed by atoms with Gasteiger partial charge in [0.05, 0.1) is 0 Å². The van der Waals surface area contributed by atoms with Crippen LogP contribution in [0.5, 0.6) is 0 Å². The average Bonchev–Trinajstić information content (AvgIpc) is 2.75. The van der Waals surface area contributed by atoms with Crippen LogP contribution in [0.4, 0.5) is 0 Å². The van der Waals surface area contributed by atoms with E-state index in [1.54, 1.807) is 29.2 Å². The van der Waals surface area contributed by atoms with E-state index in [0.717, 1.165) is 13.0 Å². The maximum atomic E-state index is 11.8. The molecule has 1 aliphatic rings. The fourth-order valence-corrected chi connectivity index (χ4v) is 2.17. The van der Waals surface area contributed by atoms with Gasteiger partial charge in [0.1, 0.15) is 0 Å². The minimum Gasteiger partial charge on any atom is -0.350 e. The van der Waals surface area contributed by atoms with Crippen LogP contribution < -0.4 is 5.32 Å². The third-order valence-electron chi connectivity index (χ3n) is 2.93. The largest absolute Gasteiger partial charge is 0.350 e. The zero-order valence-corrected chi connectivity index (χ0v) is 10.7. The number of benzene rings is 1.